The van der Waals surface area contributed by atoms with E-state index in [1.165, 1.54) is 0 Å². The molecule has 1 aromatic heterocycles. The van der Waals surface area contributed by atoms with E-state index < -0.39 is 6.29 Å². The number of rotatable bonds is 5. The summed E-state index contributed by atoms with van der Waals surface area (Å²) in [5.41, 5.74) is 2.92. The van der Waals surface area contributed by atoms with Gasteiger partial charge in [-0.25, -0.2) is 9.97 Å². The Labute approximate surface area is 139 Å². The van der Waals surface area contributed by atoms with E-state index in [1.54, 1.807) is 0 Å². The molecule has 1 aromatic carbocycles. The lowest BCUT2D eigenvalue weighted by molar-refractivity contribution is -0.414. The molecule has 0 spiro atoms. The van der Waals surface area contributed by atoms with Crippen molar-refractivity contribution in [3.8, 4) is 11.4 Å². The molecule has 1 aliphatic rings. The number of hydrogen-bond donors (Lipinski definition) is 0. The summed E-state index contributed by atoms with van der Waals surface area (Å²) >= 11 is 0. The van der Waals surface area contributed by atoms with Crippen LogP contribution in [0.15, 0.2) is 36.7 Å². The van der Waals surface area contributed by atoms with Crippen molar-refractivity contribution in [1.29, 1.82) is 0 Å². The van der Waals surface area contributed by atoms with Gasteiger partial charge in [-0.3, -0.25) is 9.47 Å². The van der Waals surface area contributed by atoms with Gasteiger partial charge in [0, 0.05) is 23.9 Å². The zero-order valence-electron chi connectivity index (χ0n) is 13.5. The Bertz CT molecular complexity index is 650. The molecule has 0 N–H and O–H groups in total. The van der Waals surface area contributed by atoms with Gasteiger partial charge in [0.2, 0.25) is 0 Å². The first-order chi connectivity index (χ1) is 11.6. The van der Waals surface area contributed by atoms with Gasteiger partial charge in [-0.1, -0.05) is 37.6 Å². The molecule has 0 atom stereocenters. The van der Waals surface area contributed by atoms with Crippen LogP contribution >= 0.6 is 0 Å². The van der Waals surface area contributed by atoms with Crippen LogP contribution in [0.5, 0.6) is 0 Å². The summed E-state index contributed by atoms with van der Waals surface area (Å²) in [4.78, 5) is 8.81. The Morgan fingerprint density at radius 2 is 1.71 bits per heavy atom. The highest BCUT2D eigenvalue weighted by atomic mass is 19.3. The Balaban J connectivity index is 1.66. The summed E-state index contributed by atoms with van der Waals surface area (Å²) in [6.45, 7) is 2.03. The van der Waals surface area contributed by atoms with Gasteiger partial charge in [-0.2, -0.15) is 0 Å². The maximum Gasteiger partial charge on any atom is 0.485 e. The molecule has 3 rings (SSSR count). The monoisotopic (exact) mass is 334 g/mol. The molecule has 2 aromatic rings. The molecule has 128 valence electrons. The second-order valence-corrected chi connectivity index (χ2v) is 5.92. The summed E-state index contributed by atoms with van der Waals surface area (Å²) in [7, 11) is 0. The molecular weight excluding hydrogens is 314 g/mol. The fourth-order valence-electron chi connectivity index (χ4n) is 2.60. The van der Waals surface area contributed by atoms with Crippen LogP contribution in [0.4, 0.5) is 8.78 Å². The van der Waals surface area contributed by atoms with Gasteiger partial charge < -0.3 is 0 Å². The van der Waals surface area contributed by atoms with Crippen LogP contribution in [0.1, 0.15) is 36.8 Å². The molecule has 6 heteroatoms. The van der Waals surface area contributed by atoms with Crippen molar-refractivity contribution in [1.82, 2.24) is 9.97 Å². The van der Waals surface area contributed by atoms with E-state index in [2.05, 4.69) is 26.4 Å². The van der Waals surface area contributed by atoms with Gasteiger partial charge in [-0.05, 0) is 24.0 Å². The SMILES string of the molecule is CCCCc1cnc(-c2ccc(C3COC(F)(F)OC3)cc2)nc1. The number of aromatic nitrogens is 2. The van der Waals surface area contributed by atoms with E-state index in [-0.39, 0.29) is 19.1 Å². The van der Waals surface area contributed by atoms with Gasteiger partial charge in [0.25, 0.3) is 0 Å². The normalized spacial score (nSPS) is 17.8. The molecule has 0 radical (unpaired) electrons. The van der Waals surface area contributed by atoms with E-state index >= 15 is 0 Å². The molecule has 24 heavy (non-hydrogen) atoms. The van der Waals surface area contributed by atoms with E-state index in [4.69, 9.17) is 0 Å². The molecule has 0 bridgehead atoms. The second kappa shape index (κ2) is 7.32. The summed E-state index contributed by atoms with van der Waals surface area (Å²) in [6.07, 6.45) is 3.51. The van der Waals surface area contributed by atoms with Gasteiger partial charge >= 0.3 is 6.29 Å². The summed E-state index contributed by atoms with van der Waals surface area (Å²) < 4.78 is 34.5. The van der Waals surface area contributed by atoms with Crippen molar-refractivity contribution in [2.75, 3.05) is 13.2 Å². The van der Waals surface area contributed by atoms with Crippen LogP contribution in [-0.4, -0.2) is 29.5 Å². The van der Waals surface area contributed by atoms with Gasteiger partial charge in [0.1, 0.15) is 0 Å². The fourth-order valence-corrected chi connectivity index (χ4v) is 2.60. The minimum absolute atomic E-state index is 0.0605. The number of halogens is 2. The first kappa shape index (κ1) is 16.9. The molecule has 0 saturated carbocycles. The largest absolute Gasteiger partial charge is 0.485 e. The van der Waals surface area contributed by atoms with E-state index in [1.807, 2.05) is 36.7 Å². The van der Waals surface area contributed by atoms with Crippen LogP contribution in [0, 0.1) is 0 Å². The maximum atomic E-state index is 12.8. The van der Waals surface area contributed by atoms with Gasteiger partial charge in [0.05, 0.1) is 13.2 Å². The van der Waals surface area contributed by atoms with Crippen molar-refractivity contribution in [2.24, 2.45) is 0 Å². The third-order valence-electron chi connectivity index (χ3n) is 4.07. The maximum absolute atomic E-state index is 12.8. The van der Waals surface area contributed by atoms with Crippen molar-refractivity contribution in [3.05, 3.63) is 47.8 Å². The van der Waals surface area contributed by atoms with Crippen LogP contribution in [0.2, 0.25) is 0 Å². The fraction of sp³-hybridized carbons (Fsp3) is 0.444. The predicted octanol–water partition coefficient (Wildman–Crippen LogP) is 4.17. The second-order valence-electron chi connectivity index (χ2n) is 5.92. The summed E-state index contributed by atoms with van der Waals surface area (Å²) in [5, 5.41) is 0. The zero-order chi connectivity index (χ0) is 17.0. The van der Waals surface area contributed by atoms with Crippen LogP contribution < -0.4 is 0 Å². The number of hydrogen-bond acceptors (Lipinski definition) is 4. The number of ether oxygens (including phenoxy) is 2. The van der Waals surface area contributed by atoms with Crippen molar-refractivity contribution in [2.45, 2.75) is 38.4 Å². The highest BCUT2D eigenvalue weighted by molar-refractivity contribution is 5.55. The quantitative estimate of drug-likeness (QED) is 0.823. The smallest absolute Gasteiger partial charge is 0.295 e. The average molecular weight is 334 g/mol. The molecule has 2 heterocycles. The summed E-state index contributed by atoms with van der Waals surface area (Å²) in [5.74, 6) is 0.459. The Morgan fingerprint density at radius 1 is 1.08 bits per heavy atom. The third-order valence-corrected chi connectivity index (χ3v) is 4.07. The Morgan fingerprint density at radius 3 is 2.29 bits per heavy atom. The lowest BCUT2D eigenvalue weighted by Gasteiger charge is -2.28. The summed E-state index contributed by atoms with van der Waals surface area (Å²) in [6, 6.07) is 7.54. The molecule has 0 unspecified atom stereocenters. The van der Waals surface area contributed by atoms with Crippen LogP contribution in [-0.2, 0) is 15.9 Å². The molecule has 0 aliphatic carbocycles. The number of unbranched alkanes of at least 4 members (excludes halogenated alkanes) is 1. The molecule has 1 fully saturated rings. The Hall–Kier alpha value is -1.92. The minimum atomic E-state index is -3.47. The predicted molar refractivity (Wildman–Crippen MR) is 85.7 cm³/mol. The van der Waals surface area contributed by atoms with Crippen molar-refractivity contribution < 1.29 is 18.3 Å². The van der Waals surface area contributed by atoms with E-state index in [0.717, 1.165) is 36.0 Å². The van der Waals surface area contributed by atoms with Crippen molar-refractivity contribution in [3.63, 3.8) is 0 Å². The number of benzene rings is 1. The van der Waals surface area contributed by atoms with E-state index in [9.17, 15) is 8.78 Å². The molecular formula is C18H20F2N2O2. The highest BCUT2D eigenvalue weighted by Crippen LogP contribution is 2.30. The van der Waals surface area contributed by atoms with Crippen molar-refractivity contribution >= 4 is 0 Å². The van der Waals surface area contributed by atoms with Gasteiger partial charge in [0.15, 0.2) is 5.82 Å². The lowest BCUT2D eigenvalue weighted by Crippen LogP contribution is -2.36. The third kappa shape index (κ3) is 4.13. The van der Waals surface area contributed by atoms with Crippen LogP contribution in [0.3, 0.4) is 0 Å². The molecule has 1 saturated heterocycles. The Kier molecular flexibility index (Phi) is 5.16. The number of alkyl halides is 2. The number of aryl methyl sites for hydroxylation is 1. The number of nitrogens with zero attached hydrogens (tertiary/aromatic N) is 2. The lowest BCUT2D eigenvalue weighted by atomic mass is 9.99. The standard InChI is InChI=1S/C18H20F2N2O2/c1-2-3-4-13-9-21-17(22-10-13)15-7-5-14(6-8-15)16-11-23-18(19,20)24-12-16/h5-10,16H,2-4,11-12H2,1H3. The topological polar surface area (TPSA) is 44.2 Å². The molecule has 4 nitrogen and oxygen atoms in total. The van der Waals surface area contributed by atoms with E-state index in [0.29, 0.717) is 5.82 Å². The molecule has 0 amide bonds. The highest BCUT2D eigenvalue weighted by Gasteiger charge is 2.38. The first-order valence-corrected chi connectivity index (χ1v) is 8.14. The minimum Gasteiger partial charge on any atom is -0.295 e. The zero-order valence-corrected chi connectivity index (χ0v) is 13.5. The molecule has 1 aliphatic heterocycles. The first-order valence-electron chi connectivity index (χ1n) is 8.14. The average Bonchev–Trinajstić information content (AvgIpc) is 2.61. The van der Waals surface area contributed by atoms with Gasteiger partial charge in [-0.15, -0.1) is 8.78 Å². The van der Waals surface area contributed by atoms with Crippen LogP contribution in [0.25, 0.3) is 11.4 Å².